The standard InChI is InChI=1S/C21H19N3O/c1-14-6-5-7-17(21(14)25)13-16-10-11-18(12-15(16)2)24-22-19-8-3-4-9-20(19)23-24/h3-12,25H,13H2,1-2H3. The molecule has 3 aromatic carbocycles. The normalized spacial score (nSPS) is 11.1. The van der Waals surface area contributed by atoms with E-state index in [1.807, 2.05) is 55.5 Å². The first kappa shape index (κ1) is 15.4. The molecule has 4 heteroatoms. The molecule has 0 unspecified atom stereocenters. The SMILES string of the molecule is Cc1cc(-n2nc3ccccc3n2)ccc1Cc1cccc(C)c1O. The van der Waals surface area contributed by atoms with Crippen molar-refractivity contribution in [3.8, 4) is 11.4 Å². The van der Waals surface area contributed by atoms with Crippen LogP contribution in [0.15, 0.2) is 60.7 Å². The van der Waals surface area contributed by atoms with Crippen molar-refractivity contribution in [3.05, 3.63) is 82.9 Å². The Morgan fingerprint density at radius 1 is 0.800 bits per heavy atom. The van der Waals surface area contributed by atoms with Crippen molar-refractivity contribution in [1.29, 1.82) is 0 Å². The van der Waals surface area contributed by atoms with E-state index in [0.29, 0.717) is 12.2 Å². The molecule has 0 bridgehead atoms. The Bertz CT molecular complexity index is 1030. The lowest BCUT2D eigenvalue weighted by Crippen LogP contribution is -2.01. The minimum atomic E-state index is 0.381. The smallest absolute Gasteiger partial charge is 0.122 e. The second-order valence-electron chi connectivity index (χ2n) is 6.35. The zero-order chi connectivity index (χ0) is 17.4. The quantitative estimate of drug-likeness (QED) is 0.608. The van der Waals surface area contributed by atoms with Crippen LogP contribution in [0.3, 0.4) is 0 Å². The number of para-hydroxylation sites is 1. The highest BCUT2D eigenvalue weighted by molar-refractivity contribution is 5.73. The van der Waals surface area contributed by atoms with Crippen LogP contribution in [0.1, 0.15) is 22.3 Å². The van der Waals surface area contributed by atoms with E-state index < -0.39 is 0 Å². The number of rotatable bonds is 3. The molecule has 0 spiro atoms. The van der Waals surface area contributed by atoms with Gasteiger partial charge < -0.3 is 5.11 Å². The summed E-state index contributed by atoms with van der Waals surface area (Å²) in [7, 11) is 0. The van der Waals surface area contributed by atoms with E-state index in [0.717, 1.165) is 33.4 Å². The third kappa shape index (κ3) is 2.87. The number of phenolic OH excluding ortho intramolecular Hbond substituents is 1. The van der Waals surface area contributed by atoms with E-state index in [4.69, 9.17) is 0 Å². The number of benzene rings is 3. The van der Waals surface area contributed by atoms with Gasteiger partial charge >= 0.3 is 0 Å². The summed E-state index contributed by atoms with van der Waals surface area (Å²) >= 11 is 0. The van der Waals surface area contributed by atoms with Gasteiger partial charge in [0.15, 0.2) is 0 Å². The number of hydrogen-bond acceptors (Lipinski definition) is 3. The van der Waals surface area contributed by atoms with Gasteiger partial charge in [0.25, 0.3) is 0 Å². The number of aromatic hydroxyl groups is 1. The van der Waals surface area contributed by atoms with Gasteiger partial charge in [-0.2, -0.15) is 4.80 Å². The van der Waals surface area contributed by atoms with Crippen LogP contribution < -0.4 is 0 Å². The topological polar surface area (TPSA) is 50.9 Å². The molecule has 0 saturated heterocycles. The molecule has 0 atom stereocenters. The largest absolute Gasteiger partial charge is 0.507 e. The second-order valence-corrected chi connectivity index (χ2v) is 6.35. The molecule has 0 aliphatic heterocycles. The number of fused-ring (bicyclic) bond motifs is 1. The average Bonchev–Trinajstić information content (AvgIpc) is 3.04. The molecular formula is C21H19N3O. The lowest BCUT2D eigenvalue weighted by molar-refractivity contribution is 0.465. The van der Waals surface area contributed by atoms with Crippen LogP contribution in [0, 0.1) is 13.8 Å². The molecule has 1 aromatic heterocycles. The maximum atomic E-state index is 10.2. The Morgan fingerprint density at radius 2 is 1.52 bits per heavy atom. The highest BCUT2D eigenvalue weighted by atomic mass is 16.3. The molecule has 4 rings (SSSR count). The van der Waals surface area contributed by atoms with Gasteiger partial charge in [-0.3, -0.25) is 0 Å². The van der Waals surface area contributed by atoms with E-state index >= 15 is 0 Å². The van der Waals surface area contributed by atoms with Crippen LogP contribution in [0.5, 0.6) is 5.75 Å². The zero-order valence-electron chi connectivity index (χ0n) is 14.3. The van der Waals surface area contributed by atoms with Crippen molar-refractivity contribution in [2.75, 3.05) is 0 Å². The molecule has 0 amide bonds. The van der Waals surface area contributed by atoms with Gasteiger partial charge in [-0.25, -0.2) is 0 Å². The minimum absolute atomic E-state index is 0.381. The predicted octanol–water partition coefficient (Wildman–Crippen LogP) is 4.33. The van der Waals surface area contributed by atoms with E-state index in [2.05, 4.69) is 29.3 Å². The number of aromatic nitrogens is 3. The molecule has 1 N–H and O–H groups in total. The summed E-state index contributed by atoms with van der Waals surface area (Å²) in [6, 6.07) is 19.9. The maximum absolute atomic E-state index is 10.2. The summed E-state index contributed by atoms with van der Waals surface area (Å²) in [5.74, 6) is 0.381. The molecular weight excluding hydrogens is 310 g/mol. The first-order valence-electron chi connectivity index (χ1n) is 8.31. The Morgan fingerprint density at radius 3 is 2.20 bits per heavy atom. The Labute approximate surface area is 146 Å². The van der Waals surface area contributed by atoms with Crippen molar-refractivity contribution >= 4 is 11.0 Å². The Balaban J connectivity index is 1.67. The lowest BCUT2D eigenvalue weighted by atomic mass is 9.98. The molecule has 0 aliphatic carbocycles. The van der Waals surface area contributed by atoms with Crippen LogP contribution in [-0.4, -0.2) is 20.1 Å². The maximum Gasteiger partial charge on any atom is 0.122 e. The van der Waals surface area contributed by atoms with Crippen LogP contribution in [0.25, 0.3) is 16.7 Å². The van der Waals surface area contributed by atoms with Gasteiger partial charge in [0.1, 0.15) is 16.8 Å². The van der Waals surface area contributed by atoms with Gasteiger partial charge in [-0.1, -0.05) is 36.4 Å². The fraction of sp³-hybridized carbons (Fsp3) is 0.143. The van der Waals surface area contributed by atoms with Gasteiger partial charge in [-0.05, 0) is 60.4 Å². The third-order valence-electron chi connectivity index (χ3n) is 4.55. The highest BCUT2D eigenvalue weighted by Gasteiger charge is 2.09. The van der Waals surface area contributed by atoms with Gasteiger partial charge in [-0.15, -0.1) is 10.2 Å². The molecule has 0 saturated carbocycles. The Hall–Kier alpha value is -3.14. The van der Waals surface area contributed by atoms with Crippen molar-refractivity contribution in [3.63, 3.8) is 0 Å². The predicted molar refractivity (Wildman–Crippen MR) is 99.3 cm³/mol. The minimum Gasteiger partial charge on any atom is -0.507 e. The van der Waals surface area contributed by atoms with Crippen molar-refractivity contribution in [1.82, 2.24) is 15.0 Å². The first-order valence-corrected chi connectivity index (χ1v) is 8.31. The first-order chi connectivity index (χ1) is 12.1. The zero-order valence-corrected chi connectivity index (χ0v) is 14.3. The average molecular weight is 329 g/mol. The summed E-state index contributed by atoms with van der Waals surface area (Å²) in [5.41, 5.74) is 6.88. The monoisotopic (exact) mass is 329 g/mol. The van der Waals surface area contributed by atoms with Gasteiger partial charge in [0.2, 0.25) is 0 Å². The van der Waals surface area contributed by atoms with Crippen LogP contribution in [0.2, 0.25) is 0 Å². The lowest BCUT2D eigenvalue weighted by Gasteiger charge is -2.10. The molecule has 4 nitrogen and oxygen atoms in total. The molecule has 4 aromatic rings. The number of phenols is 1. The fourth-order valence-corrected chi connectivity index (χ4v) is 3.05. The molecule has 25 heavy (non-hydrogen) atoms. The summed E-state index contributed by atoms with van der Waals surface area (Å²) in [6.45, 7) is 4.00. The molecule has 0 fully saturated rings. The summed E-state index contributed by atoms with van der Waals surface area (Å²) in [5, 5.41) is 19.3. The van der Waals surface area contributed by atoms with E-state index in [-0.39, 0.29) is 0 Å². The van der Waals surface area contributed by atoms with E-state index in [1.54, 1.807) is 4.80 Å². The van der Waals surface area contributed by atoms with Crippen LogP contribution >= 0.6 is 0 Å². The molecule has 124 valence electrons. The van der Waals surface area contributed by atoms with Crippen LogP contribution in [0.4, 0.5) is 0 Å². The number of nitrogens with zero attached hydrogens (tertiary/aromatic N) is 3. The van der Waals surface area contributed by atoms with Crippen LogP contribution in [-0.2, 0) is 6.42 Å². The molecule has 0 aliphatic rings. The third-order valence-corrected chi connectivity index (χ3v) is 4.55. The van der Waals surface area contributed by atoms with E-state index in [1.165, 1.54) is 5.56 Å². The van der Waals surface area contributed by atoms with Crippen molar-refractivity contribution in [2.45, 2.75) is 20.3 Å². The molecule has 0 radical (unpaired) electrons. The summed E-state index contributed by atoms with van der Waals surface area (Å²) in [4.78, 5) is 1.67. The summed E-state index contributed by atoms with van der Waals surface area (Å²) < 4.78 is 0. The number of hydrogen-bond donors (Lipinski definition) is 1. The van der Waals surface area contributed by atoms with Gasteiger partial charge in [0, 0.05) is 6.42 Å². The van der Waals surface area contributed by atoms with Crippen molar-refractivity contribution in [2.24, 2.45) is 0 Å². The Kier molecular flexibility index (Phi) is 3.73. The summed E-state index contributed by atoms with van der Waals surface area (Å²) in [6.07, 6.45) is 0.703. The molecule has 1 heterocycles. The van der Waals surface area contributed by atoms with Gasteiger partial charge in [0.05, 0.1) is 5.69 Å². The van der Waals surface area contributed by atoms with E-state index in [9.17, 15) is 5.11 Å². The van der Waals surface area contributed by atoms with Crippen molar-refractivity contribution < 1.29 is 5.11 Å². The second kappa shape index (κ2) is 6.06. The fourth-order valence-electron chi connectivity index (χ4n) is 3.05. The highest BCUT2D eigenvalue weighted by Crippen LogP contribution is 2.26. The number of aryl methyl sites for hydroxylation is 2.